The molecule has 0 nitrogen and oxygen atoms in total. The van der Waals surface area contributed by atoms with Crippen LogP contribution in [0.15, 0.2) is 36.4 Å². The zero-order chi connectivity index (χ0) is 17.8. The highest BCUT2D eigenvalue weighted by Gasteiger charge is 2.39. The van der Waals surface area contributed by atoms with Crippen LogP contribution in [0, 0.1) is 10.8 Å². The molecule has 0 saturated heterocycles. The van der Waals surface area contributed by atoms with E-state index in [4.69, 9.17) is 0 Å². The van der Waals surface area contributed by atoms with E-state index in [1.807, 2.05) is 0 Å². The maximum Gasteiger partial charge on any atom is -0.0132 e. The van der Waals surface area contributed by atoms with Crippen LogP contribution in [-0.4, -0.2) is 0 Å². The average Bonchev–Trinajstić information content (AvgIpc) is 2.41. The molecule has 3 rings (SSSR count). The number of benzene rings is 2. The molecule has 2 aromatic rings. The first-order valence-corrected chi connectivity index (χ1v) is 9.50. The first kappa shape index (κ1) is 17.5. The Morgan fingerprint density at radius 2 is 1.46 bits per heavy atom. The molecule has 24 heavy (non-hydrogen) atoms. The molecule has 1 fully saturated rings. The van der Waals surface area contributed by atoms with E-state index < -0.39 is 0 Å². The average molecular weight is 323 g/mol. The van der Waals surface area contributed by atoms with Crippen molar-refractivity contribution >= 4 is 10.8 Å². The highest BCUT2D eigenvalue weighted by atomic mass is 14.4. The molecule has 0 spiro atoms. The monoisotopic (exact) mass is 322 g/mol. The molecule has 1 saturated carbocycles. The van der Waals surface area contributed by atoms with Gasteiger partial charge in [-0.1, -0.05) is 84.9 Å². The van der Waals surface area contributed by atoms with E-state index >= 15 is 0 Å². The fourth-order valence-corrected chi connectivity index (χ4v) is 5.18. The van der Waals surface area contributed by atoms with Gasteiger partial charge in [0.1, 0.15) is 0 Å². The number of fused-ring (bicyclic) bond motifs is 1. The van der Waals surface area contributed by atoms with Crippen LogP contribution in [0.1, 0.15) is 84.8 Å². The van der Waals surface area contributed by atoms with E-state index in [9.17, 15) is 0 Å². The number of hydrogen-bond acceptors (Lipinski definition) is 0. The van der Waals surface area contributed by atoms with Gasteiger partial charge < -0.3 is 0 Å². The van der Waals surface area contributed by atoms with Gasteiger partial charge in [-0.2, -0.15) is 0 Å². The van der Waals surface area contributed by atoms with E-state index in [2.05, 4.69) is 84.9 Å². The maximum atomic E-state index is 2.52. The standard InChI is InChI=1S/C24H34/c1-22(2,3)19-12-17-10-8-9-11-20(17)21(13-19)18-14-23(4,5)16-24(6,7)15-18/h8-13,18H,14-16H2,1-7H3. The third-order valence-electron chi connectivity index (χ3n) is 5.75. The highest BCUT2D eigenvalue weighted by Crippen LogP contribution is 2.53. The van der Waals surface area contributed by atoms with Crippen LogP contribution < -0.4 is 0 Å². The molecule has 2 aromatic carbocycles. The summed E-state index contributed by atoms with van der Waals surface area (Å²) in [5.41, 5.74) is 4.09. The van der Waals surface area contributed by atoms with E-state index in [0.29, 0.717) is 16.7 Å². The van der Waals surface area contributed by atoms with Gasteiger partial charge in [0, 0.05) is 0 Å². The molecule has 0 amide bonds. The second-order valence-corrected chi connectivity index (χ2v) is 10.6. The molecular formula is C24H34. The predicted octanol–water partition coefficient (Wildman–Crippen LogP) is 7.46. The van der Waals surface area contributed by atoms with Gasteiger partial charge >= 0.3 is 0 Å². The third-order valence-corrected chi connectivity index (χ3v) is 5.75. The van der Waals surface area contributed by atoms with Crippen molar-refractivity contribution in [3.05, 3.63) is 47.5 Å². The Morgan fingerprint density at radius 3 is 2.04 bits per heavy atom. The Bertz CT molecular complexity index is 724. The Morgan fingerprint density at radius 1 is 0.875 bits per heavy atom. The van der Waals surface area contributed by atoms with Crippen LogP contribution in [0.5, 0.6) is 0 Å². The van der Waals surface area contributed by atoms with Crippen molar-refractivity contribution in [3.8, 4) is 0 Å². The van der Waals surface area contributed by atoms with Crippen molar-refractivity contribution in [2.75, 3.05) is 0 Å². The molecule has 0 aliphatic heterocycles. The van der Waals surface area contributed by atoms with Gasteiger partial charge in [-0.25, -0.2) is 0 Å². The van der Waals surface area contributed by atoms with Crippen LogP contribution in [0.3, 0.4) is 0 Å². The van der Waals surface area contributed by atoms with Gasteiger partial charge in [0.2, 0.25) is 0 Å². The summed E-state index contributed by atoms with van der Waals surface area (Å²) in [6.45, 7) is 16.8. The first-order chi connectivity index (χ1) is 11.0. The Kier molecular flexibility index (Phi) is 4.10. The van der Waals surface area contributed by atoms with Crippen LogP contribution in [-0.2, 0) is 5.41 Å². The van der Waals surface area contributed by atoms with Crippen molar-refractivity contribution in [2.24, 2.45) is 10.8 Å². The van der Waals surface area contributed by atoms with Gasteiger partial charge in [-0.3, -0.25) is 0 Å². The second kappa shape index (κ2) is 5.61. The molecule has 0 aromatic heterocycles. The van der Waals surface area contributed by atoms with Gasteiger partial charge in [-0.05, 0) is 63.3 Å². The maximum absolute atomic E-state index is 2.52. The van der Waals surface area contributed by atoms with E-state index in [-0.39, 0.29) is 5.41 Å². The van der Waals surface area contributed by atoms with E-state index in [0.717, 1.165) is 0 Å². The SMILES string of the molecule is CC1(C)CC(c2cc(C(C)(C)C)cc3ccccc23)CC(C)(C)C1. The minimum Gasteiger partial charge on any atom is -0.0616 e. The number of rotatable bonds is 1. The summed E-state index contributed by atoms with van der Waals surface area (Å²) in [7, 11) is 0. The summed E-state index contributed by atoms with van der Waals surface area (Å²) in [6, 6.07) is 13.9. The van der Waals surface area contributed by atoms with Crippen LogP contribution in [0.25, 0.3) is 10.8 Å². The Labute approximate surface area is 148 Å². The minimum atomic E-state index is 0.193. The molecule has 0 atom stereocenters. The summed E-state index contributed by atoms with van der Waals surface area (Å²) >= 11 is 0. The summed E-state index contributed by atoms with van der Waals surface area (Å²) in [5.74, 6) is 0.663. The van der Waals surface area contributed by atoms with Gasteiger partial charge in [-0.15, -0.1) is 0 Å². The quantitative estimate of drug-likeness (QED) is 0.511. The fourth-order valence-electron chi connectivity index (χ4n) is 5.18. The summed E-state index contributed by atoms with van der Waals surface area (Å²) < 4.78 is 0. The summed E-state index contributed by atoms with van der Waals surface area (Å²) in [4.78, 5) is 0. The lowest BCUT2D eigenvalue weighted by atomic mass is 9.60. The molecule has 1 aliphatic carbocycles. The lowest BCUT2D eigenvalue weighted by Crippen LogP contribution is -2.33. The minimum absolute atomic E-state index is 0.193. The molecule has 0 heteroatoms. The smallest absolute Gasteiger partial charge is 0.0132 e. The molecule has 1 aliphatic rings. The van der Waals surface area contributed by atoms with Crippen molar-refractivity contribution in [3.63, 3.8) is 0 Å². The van der Waals surface area contributed by atoms with E-state index in [1.54, 1.807) is 5.56 Å². The van der Waals surface area contributed by atoms with Crippen LogP contribution in [0.2, 0.25) is 0 Å². The van der Waals surface area contributed by atoms with Gasteiger partial charge in [0.15, 0.2) is 0 Å². The zero-order valence-corrected chi connectivity index (χ0v) is 16.7. The second-order valence-electron chi connectivity index (χ2n) is 10.6. The lowest BCUT2D eigenvalue weighted by molar-refractivity contribution is 0.0973. The van der Waals surface area contributed by atoms with Gasteiger partial charge in [0.05, 0.1) is 0 Å². The van der Waals surface area contributed by atoms with Crippen molar-refractivity contribution < 1.29 is 0 Å². The summed E-state index contributed by atoms with van der Waals surface area (Å²) in [6.07, 6.45) is 3.93. The van der Waals surface area contributed by atoms with Gasteiger partial charge in [0.25, 0.3) is 0 Å². The molecule has 0 unspecified atom stereocenters. The van der Waals surface area contributed by atoms with Crippen LogP contribution in [0.4, 0.5) is 0 Å². The first-order valence-electron chi connectivity index (χ1n) is 9.50. The fraction of sp³-hybridized carbons (Fsp3) is 0.583. The lowest BCUT2D eigenvalue weighted by Gasteiger charge is -2.45. The Hall–Kier alpha value is -1.30. The third kappa shape index (κ3) is 3.53. The van der Waals surface area contributed by atoms with Crippen molar-refractivity contribution in [1.29, 1.82) is 0 Å². The normalized spacial score (nSPS) is 21.1. The molecule has 0 N–H and O–H groups in total. The Balaban J connectivity index is 2.17. The van der Waals surface area contributed by atoms with Crippen molar-refractivity contribution in [2.45, 2.75) is 79.1 Å². The molecule has 130 valence electrons. The molecule has 0 radical (unpaired) electrons. The topological polar surface area (TPSA) is 0 Å². The largest absolute Gasteiger partial charge is 0.0616 e. The van der Waals surface area contributed by atoms with Crippen LogP contribution >= 0.6 is 0 Å². The number of hydrogen-bond donors (Lipinski definition) is 0. The van der Waals surface area contributed by atoms with Crippen molar-refractivity contribution in [1.82, 2.24) is 0 Å². The molecule has 0 heterocycles. The van der Waals surface area contributed by atoms with E-state index in [1.165, 1.54) is 35.6 Å². The zero-order valence-electron chi connectivity index (χ0n) is 16.7. The summed E-state index contributed by atoms with van der Waals surface area (Å²) in [5, 5.41) is 2.87. The highest BCUT2D eigenvalue weighted by molar-refractivity contribution is 5.87. The molecular weight excluding hydrogens is 288 g/mol. The predicted molar refractivity (Wildman–Crippen MR) is 107 cm³/mol. The molecule has 0 bridgehead atoms.